The first kappa shape index (κ1) is 17.1. The van der Waals surface area contributed by atoms with E-state index < -0.39 is 10.0 Å². The first-order valence-electron chi connectivity index (χ1n) is 8.71. The van der Waals surface area contributed by atoms with Gasteiger partial charge < -0.3 is 9.72 Å². The molecule has 1 aromatic heterocycles. The fourth-order valence-corrected chi connectivity index (χ4v) is 5.38. The van der Waals surface area contributed by atoms with Gasteiger partial charge in [0.2, 0.25) is 10.0 Å². The van der Waals surface area contributed by atoms with Crippen molar-refractivity contribution < 1.29 is 13.2 Å². The van der Waals surface area contributed by atoms with Gasteiger partial charge in [-0.25, -0.2) is 8.42 Å². The lowest BCUT2D eigenvalue weighted by molar-refractivity contribution is 0.411. The second kappa shape index (κ2) is 6.45. The van der Waals surface area contributed by atoms with Crippen molar-refractivity contribution in [1.82, 2.24) is 9.29 Å². The average Bonchev–Trinajstić information content (AvgIpc) is 3.28. The lowest BCUT2D eigenvalue weighted by atomic mass is 9.98. The van der Waals surface area contributed by atoms with Crippen LogP contribution in [-0.4, -0.2) is 37.9 Å². The summed E-state index contributed by atoms with van der Waals surface area (Å²) >= 11 is 0. The van der Waals surface area contributed by atoms with E-state index in [9.17, 15) is 8.42 Å². The minimum Gasteiger partial charge on any atom is -0.496 e. The topological polar surface area (TPSA) is 62.4 Å². The van der Waals surface area contributed by atoms with Crippen molar-refractivity contribution in [1.29, 1.82) is 0 Å². The molecule has 4 rings (SSSR count). The van der Waals surface area contributed by atoms with E-state index in [1.54, 1.807) is 29.6 Å². The SMILES string of the molecule is COc1ccc(S(=O)(=O)N2CCC(c3c[nH]c4ccccc34)C2)cc1C. The second-order valence-electron chi connectivity index (χ2n) is 6.77. The zero-order valence-corrected chi connectivity index (χ0v) is 15.7. The quantitative estimate of drug-likeness (QED) is 0.762. The highest BCUT2D eigenvalue weighted by molar-refractivity contribution is 7.89. The summed E-state index contributed by atoms with van der Waals surface area (Å²) in [6, 6.07) is 13.2. The van der Waals surface area contributed by atoms with E-state index in [1.165, 1.54) is 10.9 Å². The van der Waals surface area contributed by atoms with E-state index in [1.807, 2.05) is 31.3 Å². The second-order valence-corrected chi connectivity index (χ2v) is 8.71. The van der Waals surface area contributed by atoms with Crippen LogP contribution < -0.4 is 4.74 Å². The maximum Gasteiger partial charge on any atom is 0.243 e. The molecule has 1 N–H and O–H groups in total. The number of ether oxygens (including phenoxy) is 1. The fourth-order valence-electron chi connectivity index (χ4n) is 3.79. The summed E-state index contributed by atoms with van der Waals surface area (Å²) in [5, 5.41) is 1.18. The highest BCUT2D eigenvalue weighted by atomic mass is 32.2. The van der Waals surface area contributed by atoms with Gasteiger partial charge in [-0.1, -0.05) is 18.2 Å². The lowest BCUT2D eigenvalue weighted by Crippen LogP contribution is -2.28. The van der Waals surface area contributed by atoms with Crippen molar-refractivity contribution in [2.24, 2.45) is 0 Å². The predicted octanol–water partition coefficient (Wildman–Crippen LogP) is 3.66. The van der Waals surface area contributed by atoms with Gasteiger partial charge in [0.05, 0.1) is 12.0 Å². The van der Waals surface area contributed by atoms with E-state index in [0.29, 0.717) is 23.7 Å². The number of hydrogen-bond acceptors (Lipinski definition) is 3. The molecule has 0 aliphatic carbocycles. The molecule has 1 aliphatic rings. The molecule has 1 saturated heterocycles. The van der Waals surface area contributed by atoms with Crippen molar-refractivity contribution >= 4 is 20.9 Å². The van der Waals surface area contributed by atoms with Gasteiger partial charge in [0.15, 0.2) is 0 Å². The zero-order chi connectivity index (χ0) is 18.3. The number of benzene rings is 2. The molecule has 0 saturated carbocycles. The molecule has 2 aromatic carbocycles. The normalized spacial score (nSPS) is 18.5. The molecule has 6 heteroatoms. The number of H-pyrrole nitrogens is 1. The van der Waals surface area contributed by atoms with Crippen LogP contribution in [0.5, 0.6) is 5.75 Å². The van der Waals surface area contributed by atoms with E-state index in [4.69, 9.17) is 4.74 Å². The smallest absolute Gasteiger partial charge is 0.243 e. The van der Waals surface area contributed by atoms with Crippen molar-refractivity contribution in [3.8, 4) is 5.75 Å². The number of rotatable bonds is 4. The average molecular weight is 370 g/mol. The molecule has 1 fully saturated rings. The Labute approximate surface area is 153 Å². The highest BCUT2D eigenvalue weighted by Gasteiger charge is 2.34. The molecule has 136 valence electrons. The molecule has 2 heterocycles. The van der Waals surface area contributed by atoms with Crippen molar-refractivity contribution in [3.63, 3.8) is 0 Å². The van der Waals surface area contributed by atoms with Crippen LogP contribution >= 0.6 is 0 Å². The number of nitrogens with one attached hydrogen (secondary N) is 1. The Morgan fingerprint density at radius 3 is 2.77 bits per heavy atom. The molecule has 1 unspecified atom stereocenters. The van der Waals surface area contributed by atoms with Crippen LogP contribution in [0, 0.1) is 6.92 Å². The van der Waals surface area contributed by atoms with Crippen molar-refractivity contribution in [2.75, 3.05) is 20.2 Å². The number of hydrogen-bond donors (Lipinski definition) is 1. The number of aromatic nitrogens is 1. The van der Waals surface area contributed by atoms with Crippen LogP contribution in [0.3, 0.4) is 0 Å². The summed E-state index contributed by atoms with van der Waals surface area (Å²) in [5.74, 6) is 0.905. The summed E-state index contributed by atoms with van der Waals surface area (Å²) in [4.78, 5) is 3.62. The van der Waals surface area contributed by atoms with E-state index in [2.05, 4.69) is 11.1 Å². The number of aromatic amines is 1. The van der Waals surface area contributed by atoms with Crippen molar-refractivity contribution in [2.45, 2.75) is 24.2 Å². The van der Waals surface area contributed by atoms with Gasteiger partial charge in [-0.2, -0.15) is 4.31 Å². The molecule has 0 spiro atoms. The van der Waals surface area contributed by atoms with E-state index in [-0.39, 0.29) is 5.92 Å². The van der Waals surface area contributed by atoms with Crippen LogP contribution in [0.25, 0.3) is 10.9 Å². The zero-order valence-electron chi connectivity index (χ0n) is 14.9. The van der Waals surface area contributed by atoms with E-state index in [0.717, 1.165) is 17.5 Å². The Bertz CT molecular complexity index is 1060. The van der Waals surface area contributed by atoms with Crippen LogP contribution in [0.1, 0.15) is 23.5 Å². The third-order valence-corrected chi connectivity index (χ3v) is 7.08. The Hall–Kier alpha value is -2.31. The van der Waals surface area contributed by atoms with Crippen LogP contribution in [0.4, 0.5) is 0 Å². The Morgan fingerprint density at radius 1 is 1.19 bits per heavy atom. The van der Waals surface area contributed by atoms with Gasteiger partial charge >= 0.3 is 0 Å². The largest absolute Gasteiger partial charge is 0.496 e. The van der Waals surface area contributed by atoms with Crippen LogP contribution in [0.2, 0.25) is 0 Å². The lowest BCUT2D eigenvalue weighted by Gasteiger charge is -2.17. The Balaban J connectivity index is 1.61. The van der Waals surface area contributed by atoms with Crippen LogP contribution in [0.15, 0.2) is 53.6 Å². The molecule has 0 amide bonds. The maximum atomic E-state index is 13.0. The standard InChI is InChI=1S/C20H22N2O3S/c1-14-11-16(7-8-20(14)25-2)26(23,24)22-10-9-15(13-22)18-12-21-19-6-4-3-5-17(18)19/h3-8,11-12,15,21H,9-10,13H2,1-2H3. The third-order valence-electron chi connectivity index (χ3n) is 5.22. The molecule has 0 radical (unpaired) electrons. The molecule has 26 heavy (non-hydrogen) atoms. The summed E-state index contributed by atoms with van der Waals surface area (Å²) in [7, 11) is -1.91. The monoisotopic (exact) mass is 370 g/mol. The number of aryl methyl sites for hydroxylation is 1. The Morgan fingerprint density at radius 2 is 2.00 bits per heavy atom. The van der Waals surface area contributed by atoms with Gasteiger partial charge in [-0.05, 0) is 48.7 Å². The van der Waals surface area contributed by atoms with E-state index >= 15 is 0 Å². The van der Waals surface area contributed by atoms with Gasteiger partial charge in [0, 0.05) is 36.1 Å². The minimum atomic E-state index is -3.50. The number of nitrogens with zero attached hydrogens (tertiary/aromatic N) is 1. The first-order chi connectivity index (χ1) is 12.5. The molecule has 0 bridgehead atoms. The number of para-hydroxylation sites is 1. The molecular weight excluding hydrogens is 348 g/mol. The van der Waals surface area contributed by atoms with Gasteiger partial charge in [0.25, 0.3) is 0 Å². The number of fused-ring (bicyclic) bond motifs is 1. The molecule has 5 nitrogen and oxygen atoms in total. The summed E-state index contributed by atoms with van der Waals surface area (Å²) in [6.45, 7) is 2.91. The first-order valence-corrected chi connectivity index (χ1v) is 10.2. The molecule has 1 aliphatic heterocycles. The van der Waals surface area contributed by atoms with Crippen molar-refractivity contribution in [3.05, 3.63) is 59.8 Å². The minimum absolute atomic E-state index is 0.209. The van der Waals surface area contributed by atoms with Crippen LogP contribution in [-0.2, 0) is 10.0 Å². The maximum absolute atomic E-state index is 13.0. The molecular formula is C20H22N2O3S. The van der Waals surface area contributed by atoms with Gasteiger partial charge in [-0.15, -0.1) is 0 Å². The third kappa shape index (κ3) is 2.79. The number of sulfonamides is 1. The highest BCUT2D eigenvalue weighted by Crippen LogP contribution is 2.35. The Kier molecular flexibility index (Phi) is 4.25. The summed E-state index contributed by atoms with van der Waals surface area (Å²) in [6.07, 6.45) is 2.85. The van der Waals surface area contributed by atoms with Gasteiger partial charge in [0.1, 0.15) is 5.75 Å². The molecule has 1 atom stereocenters. The predicted molar refractivity (Wildman–Crippen MR) is 102 cm³/mol. The molecule has 3 aromatic rings. The van der Waals surface area contributed by atoms with Gasteiger partial charge in [-0.3, -0.25) is 0 Å². The number of methoxy groups -OCH3 is 1. The fraction of sp³-hybridized carbons (Fsp3) is 0.300. The summed E-state index contributed by atoms with van der Waals surface area (Å²) in [5.41, 5.74) is 3.11. The summed E-state index contributed by atoms with van der Waals surface area (Å²) < 4.78 is 32.9.